The van der Waals surface area contributed by atoms with Crippen molar-refractivity contribution in [1.29, 1.82) is 0 Å². The summed E-state index contributed by atoms with van der Waals surface area (Å²) in [6.07, 6.45) is -0.141. The number of benzene rings is 2. The summed E-state index contributed by atoms with van der Waals surface area (Å²) in [5.74, 6) is -2.76. The number of aliphatic hydroxyl groups is 1. The summed E-state index contributed by atoms with van der Waals surface area (Å²) in [7, 11) is -3.09. The van der Waals surface area contributed by atoms with E-state index >= 15 is 0 Å². The van der Waals surface area contributed by atoms with Gasteiger partial charge in [-0.2, -0.15) is 0 Å². The molecule has 2 heterocycles. The molecule has 0 aromatic heterocycles. The number of phenols is 1. The summed E-state index contributed by atoms with van der Waals surface area (Å²) in [6.45, 7) is -0.368. The van der Waals surface area contributed by atoms with Gasteiger partial charge < -0.3 is 29.9 Å². The highest BCUT2D eigenvalue weighted by molar-refractivity contribution is 6.58. The fraction of sp³-hybridized carbons (Fsp3) is 0.304. The average Bonchev–Trinajstić information content (AvgIpc) is 3.08. The minimum atomic E-state index is -1.75. The zero-order valence-electron chi connectivity index (χ0n) is 18.1. The monoisotopic (exact) mass is 463 g/mol. The largest absolute Gasteiger partial charge is 0.508 e. The second kappa shape index (κ2) is 8.68. The van der Waals surface area contributed by atoms with Gasteiger partial charge in [0, 0.05) is 0 Å². The minimum absolute atomic E-state index is 0.0865. The number of hydrogen-bond donors (Lipinski definition) is 5. The van der Waals surface area contributed by atoms with E-state index < -0.39 is 49.9 Å². The van der Waals surface area contributed by atoms with Crippen LogP contribution in [0.15, 0.2) is 59.6 Å². The molecule has 9 nitrogen and oxygen atoms in total. The van der Waals surface area contributed by atoms with Crippen molar-refractivity contribution in [2.24, 2.45) is 17.8 Å². The van der Waals surface area contributed by atoms with Crippen LogP contribution in [0.25, 0.3) is 0 Å². The number of amides is 2. The number of aromatic hydroxyl groups is 1. The first-order valence-corrected chi connectivity index (χ1v) is 11.1. The summed E-state index contributed by atoms with van der Waals surface area (Å²) >= 11 is 0. The maximum absolute atomic E-state index is 13.6. The third-order valence-electron chi connectivity index (χ3n) is 7.09. The molecule has 5 rings (SSSR count). The van der Waals surface area contributed by atoms with Crippen molar-refractivity contribution in [3.05, 3.63) is 65.1 Å². The Labute approximate surface area is 196 Å². The number of anilines is 1. The van der Waals surface area contributed by atoms with Crippen LogP contribution in [0.5, 0.6) is 5.75 Å². The van der Waals surface area contributed by atoms with E-state index in [1.807, 2.05) is 0 Å². The van der Waals surface area contributed by atoms with Crippen molar-refractivity contribution >= 4 is 37.2 Å². The van der Waals surface area contributed by atoms with Gasteiger partial charge in [0.1, 0.15) is 5.75 Å². The Morgan fingerprint density at radius 2 is 1.79 bits per heavy atom. The fourth-order valence-corrected chi connectivity index (χ4v) is 5.54. The molecule has 0 radical (unpaired) electrons. The van der Waals surface area contributed by atoms with Crippen molar-refractivity contribution in [2.75, 3.05) is 11.5 Å². The number of phenolic OH excluding ortho intramolecular Hbond substituents is 1. The standard InChI is InChI=1S/C23H23B2NO8/c27-11-13-8-18-20(23(30)26(22(18)29)15-3-1-2-14(9-15)24(31)32)17-10-19(34-25(33)21(13)17)12-4-6-16(28)7-5-12/h1-7,9,17-20,27-28,31-33H,8,10-11H2/t17-,18-,19-,20+/m0/s1. The van der Waals surface area contributed by atoms with Crippen LogP contribution in [0.3, 0.4) is 0 Å². The number of hydrogen-bond acceptors (Lipinski definition) is 8. The number of allylic oxidation sites excluding steroid dienone is 1. The number of carbonyl (C=O) groups excluding carboxylic acids is 2. The number of rotatable bonds is 4. The predicted octanol–water partition coefficient (Wildman–Crippen LogP) is -0.332. The van der Waals surface area contributed by atoms with Crippen molar-refractivity contribution < 1.29 is 39.5 Å². The number of carbonyl (C=O) groups is 2. The third-order valence-corrected chi connectivity index (χ3v) is 7.09. The molecule has 174 valence electrons. The smallest absolute Gasteiger partial charge is 0.488 e. The fourth-order valence-electron chi connectivity index (χ4n) is 5.54. The van der Waals surface area contributed by atoms with Crippen molar-refractivity contribution in [3.63, 3.8) is 0 Å². The van der Waals surface area contributed by atoms with Crippen LogP contribution >= 0.6 is 0 Å². The SMILES string of the molecule is O=C1[C@H]2[C@H](CC(CO)=C3B(O)O[C@H](c4ccc(O)cc4)C[C@H]32)C(=O)N1c1cccc(B(O)O)c1. The molecule has 0 unspecified atom stereocenters. The second-order valence-electron chi connectivity index (χ2n) is 8.94. The molecule has 2 fully saturated rings. The molecule has 2 aromatic carbocycles. The number of aliphatic hydroxyl groups excluding tert-OH is 1. The first-order valence-electron chi connectivity index (χ1n) is 11.1. The first-order chi connectivity index (χ1) is 16.3. The summed E-state index contributed by atoms with van der Waals surface area (Å²) < 4.78 is 5.82. The van der Waals surface area contributed by atoms with E-state index in [9.17, 15) is 34.9 Å². The lowest BCUT2D eigenvalue weighted by atomic mass is 9.55. The topological polar surface area (TPSA) is 148 Å². The van der Waals surface area contributed by atoms with E-state index in [0.717, 1.165) is 4.90 Å². The van der Waals surface area contributed by atoms with Crippen LogP contribution in [0.2, 0.25) is 0 Å². The van der Waals surface area contributed by atoms with Crippen LogP contribution in [0.4, 0.5) is 5.69 Å². The highest BCUT2D eigenvalue weighted by Gasteiger charge is 2.58. The molecule has 0 saturated carbocycles. The predicted molar refractivity (Wildman–Crippen MR) is 122 cm³/mol. The minimum Gasteiger partial charge on any atom is -0.508 e. The molecule has 2 saturated heterocycles. The van der Waals surface area contributed by atoms with Crippen LogP contribution in [-0.2, 0) is 14.2 Å². The normalized spacial score (nSPS) is 26.6. The van der Waals surface area contributed by atoms with Crippen LogP contribution in [0.1, 0.15) is 24.5 Å². The Kier molecular flexibility index (Phi) is 5.83. The molecule has 2 aromatic rings. The summed E-state index contributed by atoms with van der Waals surface area (Å²) in [4.78, 5) is 28.1. The van der Waals surface area contributed by atoms with Gasteiger partial charge in [-0.3, -0.25) is 14.5 Å². The number of nitrogens with zero attached hydrogens (tertiary/aromatic N) is 1. The van der Waals surface area contributed by atoms with E-state index in [-0.39, 0.29) is 29.9 Å². The maximum atomic E-state index is 13.6. The van der Waals surface area contributed by atoms with Gasteiger partial charge in [0.25, 0.3) is 0 Å². The molecule has 4 atom stereocenters. The van der Waals surface area contributed by atoms with E-state index in [4.69, 9.17) is 4.65 Å². The molecule has 3 aliphatic rings. The second-order valence-corrected chi connectivity index (χ2v) is 8.94. The van der Waals surface area contributed by atoms with Crippen LogP contribution < -0.4 is 10.4 Å². The third kappa shape index (κ3) is 3.66. The Bertz CT molecular complexity index is 1170. The lowest BCUT2D eigenvalue weighted by molar-refractivity contribution is -0.123. The van der Waals surface area contributed by atoms with Gasteiger partial charge in [-0.05, 0) is 65.1 Å². The van der Waals surface area contributed by atoms with Gasteiger partial charge in [0.2, 0.25) is 11.8 Å². The van der Waals surface area contributed by atoms with E-state index in [1.165, 1.54) is 30.3 Å². The van der Waals surface area contributed by atoms with Crippen LogP contribution in [-0.4, -0.2) is 57.9 Å². The van der Waals surface area contributed by atoms with E-state index in [1.54, 1.807) is 18.2 Å². The van der Waals surface area contributed by atoms with Crippen molar-refractivity contribution in [2.45, 2.75) is 18.9 Å². The first kappa shape index (κ1) is 22.8. The molecular weight excluding hydrogens is 440 g/mol. The van der Waals surface area contributed by atoms with Gasteiger partial charge in [0.15, 0.2) is 0 Å². The quantitative estimate of drug-likeness (QED) is 0.306. The van der Waals surface area contributed by atoms with Crippen molar-refractivity contribution in [1.82, 2.24) is 0 Å². The highest BCUT2D eigenvalue weighted by atomic mass is 16.5. The van der Waals surface area contributed by atoms with Gasteiger partial charge in [-0.25, -0.2) is 0 Å². The molecule has 11 heteroatoms. The molecule has 0 bridgehead atoms. The Morgan fingerprint density at radius 1 is 1.06 bits per heavy atom. The summed E-state index contributed by atoms with van der Waals surface area (Å²) in [5, 5.41) is 49.4. The molecule has 1 aliphatic carbocycles. The van der Waals surface area contributed by atoms with E-state index in [2.05, 4.69) is 0 Å². The lowest BCUT2D eigenvalue weighted by Crippen LogP contribution is -2.45. The Morgan fingerprint density at radius 3 is 2.47 bits per heavy atom. The van der Waals surface area contributed by atoms with Gasteiger partial charge in [-0.15, -0.1) is 0 Å². The van der Waals surface area contributed by atoms with Gasteiger partial charge in [-0.1, -0.05) is 24.3 Å². The molecule has 2 amide bonds. The molecule has 0 spiro atoms. The number of fused-ring (bicyclic) bond motifs is 3. The summed E-state index contributed by atoms with van der Waals surface area (Å²) in [6, 6.07) is 12.3. The molecule has 2 aliphatic heterocycles. The molecule has 5 N–H and O–H groups in total. The maximum Gasteiger partial charge on any atom is 0.488 e. The zero-order valence-corrected chi connectivity index (χ0v) is 18.1. The zero-order chi connectivity index (χ0) is 24.1. The lowest BCUT2D eigenvalue weighted by Gasteiger charge is -2.41. The van der Waals surface area contributed by atoms with Crippen molar-refractivity contribution in [3.8, 4) is 5.75 Å². The Hall–Kier alpha value is -2.95. The molecule has 34 heavy (non-hydrogen) atoms. The highest BCUT2D eigenvalue weighted by Crippen LogP contribution is 2.51. The summed E-state index contributed by atoms with van der Waals surface area (Å²) in [5.41, 5.74) is 2.04. The average molecular weight is 463 g/mol. The Balaban J connectivity index is 1.53. The molecular formula is C23H23B2NO8. The van der Waals surface area contributed by atoms with Gasteiger partial charge >= 0.3 is 14.2 Å². The van der Waals surface area contributed by atoms with E-state index in [0.29, 0.717) is 23.0 Å². The number of imide groups is 1. The van der Waals surface area contributed by atoms with Gasteiger partial charge in [0.05, 0.1) is 30.2 Å². The van der Waals surface area contributed by atoms with Crippen LogP contribution in [0, 0.1) is 17.8 Å².